The zero-order chi connectivity index (χ0) is 19.3. The predicted molar refractivity (Wildman–Crippen MR) is 104 cm³/mol. The van der Waals surface area contributed by atoms with Crippen LogP contribution in [0.2, 0.25) is 5.02 Å². The van der Waals surface area contributed by atoms with E-state index in [4.69, 9.17) is 25.8 Å². The quantitative estimate of drug-likeness (QED) is 0.330. The number of amides is 1. The van der Waals surface area contributed by atoms with Crippen LogP contribution in [0, 0.1) is 0 Å². The van der Waals surface area contributed by atoms with Crippen LogP contribution in [0.1, 0.15) is 29.3 Å². The Labute approximate surface area is 166 Å². The summed E-state index contributed by atoms with van der Waals surface area (Å²) in [5.41, 5.74) is 0.974. The molecule has 6 nitrogen and oxygen atoms in total. The van der Waals surface area contributed by atoms with Crippen molar-refractivity contribution < 1.29 is 23.8 Å². The van der Waals surface area contributed by atoms with E-state index in [2.05, 4.69) is 15.9 Å². The molecule has 1 heterocycles. The Morgan fingerprint density at radius 3 is 2.65 bits per heavy atom. The SMILES string of the molecule is COCCC1(C)C(=O)N(C)c2cc(C(=O)OCCOCCBr)c(Cl)cc21. The maximum absolute atomic E-state index is 12.7. The molecule has 0 saturated heterocycles. The van der Waals surface area contributed by atoms with Crippen LogP contribution >= 0.6 is 27.5 Å². The second-order valence-electron chi connectivity index (χ2n) is 6.23. The minimum Gasteiger partial charge on any atom is -0.460 e. The van der Waals surface area contributed by atoms with E-state index < -0.39 is 11.4 Å². The van der Waals surface area contributed by atoms with Gasteiger partial charge in [-0.3, -0.25) is 4.79 Å². The lowest BCUT2D eigenvalue weighted by Crippen LogP contribution is -2.36. The van der Waals surface area contributed by atoms with Gasteiger partial charge in [-0.15, -0.1) is 0 Å². The maximum Gasteiger partial charge on any atom is 0.339 e. The third kappa shape index (κ3) is 4.22. The number of methoxy groups -OCH3 is 1. The molecule has 0 radical (unpaired) electrons. The summed E-state index contributed by atoms with van der Waals surface area (Å²) in [4.78, 5) is 26.6. The molecule has 1 unspecified atom stereocenters. The monoisotopic (exact) mass is 447 g/mol. The predicted octanol–water partition coefficient (Wildman–Crippen LogP) is 3.18. The van der Waals surface area contributed by atoms with E-state index in [9.17, 15) is 9.59 Å². The highest BCUT2D eigenvalue weighted by molar-refractivity contribution is 9.09. The van der Waals surface area contributed by atoms with Crippen LogP contribution in [-0.4, -0.2) is 57.8 Å². The second-order valence-corrected chi connectivity index (χ2v) is 7.43. The van der Waals surface area contributed by atoms with Crippen molar-refractivity contribution in [2.45, 2.75) is 18.8 Å². The first-order valence-corrected chi connectivity index (χ1v) is 9.78. The minimum absolute atomic E-state index is 0.0469. The molecule has 144 valence electrons. The second kappa shape index (κ2) is 9.17. The largest absolute Gasteiger partial charge is 0.460 e. The van der Waals surface area contributed by atoms with Crippen molar-refractivity contribution in [3.63, 3.8) is 0 Å². The van der Waals surface area contributed by atoms with Gasteiger partial charge in [0, 0.05) is 31.8 Å². The van der Waals surface area contributed by atoms with E-state index >= 15 is 0 Å². The molecule has 0 saturated carbocycles. The van der Waals surface area contributed by atoms with Gasteiger partial charge in [-0.25, -0.2) is 4.79 Å². The highest BCUT2D eigenvalue weighted by Gasteiger charge is 2.46. The number of esters is 1. The van der Waals surface area contributed by atoms with Gasteiger partial charge in [0.1, 0.15) is 6.61 Å². The number of ether oxygens (including phenoxy) is 3. The summed E-state index contributed by atoms with van der Waals surface area (Å²) in [7, 11) is 3.29. The number of hydrogen-bond acceptors (Lipinski definition) is 5. The number of carbonyl (C=O) groups is 2. The molecule has 0 aliphatic carbocycles. The fourth-order valence-corrected chi connectivity index (χ4v) is 3.48. The fourth-order valence-electron chi connectivity index (χ4n) is 3.01. The first-order valence-electron chi connectivity index (χ1n) is 8.28. The van der Waals surface area contributed by atoms with Gasteiger partial charge >= 0.3 is 5.97 Å². The zero-order valence-electron chi connectivity index (χ0n) is 15.1. The summed E-state index contributed by atoms with van der Waals surface area (Å²) in [6.45, 7) is 3.31. The fraction of sp³-hybridized carbons (Fsp3) is 0.556. The number of carbonyl (C=O) groups excluding carboxylic acids is 2. The molecule has 1 atom stereocenters. The molecule has 0 fully saturated rings. The Morgan fingerprint density at radius 1 is 1.27 bits per heavy atom. The number of alkyl halides is 1. The topological polar surface area (TPSA) is 65.1 Å². The first-order chi connectivity index (χ1) is 12.4. The highest BCUT2D eigenvalue weighted by atomic mass is 79.9. The number of rotatable bonds is 9. The molecular weight excluding hydrogens is 426 g/mol. The Bertz CT molecular complexity index is 684. The number of likely N-dealkylation sites (N-methyl/N-ethyl adjacent to an activating group) is 1. The molecular formula is C18H23BrClNO5. The molecule has 0 N–H and O–H groups in total. The van der Waals surface area contributed by atoms with Crippen LogP contribution in [0.15, 0.2) is 12.1 Å². The van der Waals surface area contributed by atoms with Crippen LogP contribution < -0.4 is 4.90 Å². The molecule has 0 aromatic heterocycles. The highest BCUT2D eigenvalue weighted by Crippen LogP contribution is 2.45. The third-order valence-corrected chi connectivity index (χ3v) is 5.16. The van der Waals surface area contributed by atoms with Gasteiger partial charge < -0.3 is 19.1 Å². The molecule has 2 rings (SSSR count). The van der Waals surface area contributed by atoms with Crippen molar-refractivity contribution in [2.24, 2.45) is 0 Å². The molecule has 1 aromatic rings. The maximum atomic E-state index is 12.7. The van der Waals surface area contributed by atoms with Gasteiger partial charge in [0.05, 0.1) is 29.2 Å². The van der Waals surface area contributed by atoms with Crippen LogP contribution in [-0.2, 0) is 24.4 Å². The lowest BCUT2D eigenvalue weighted by molar-refractivity contribution is -0.123. The van der Waals surface area contributed by atoms with E-state index in [1.807, 2.05) is 6.92 Å². The molecule has 1 aliphatic rings. The van der Waals surface area contributed by atoms with E-state index in [-0.39, 0.29) is 23.1 Å². The summed E-state index contributed by atoms with van der Waals surface area (Å²) < 4.78 is 15.6. The van der Waals surface area contributed by atoms with Crippen molar-refractivity contribution in [2.75, 3.05) is 50.8 Å². The van der Waals surface area contributed by atoms with Crippen molar-refractivity contribution in [1.82, 2.24) is 0 Å². The van der Waals surface area contributed by atoms with Crippen molar-refractivity contribution in [1.29, 1.82) is 0 Å². The van der Waals surface area contributed by atoms with Gasteiger partial charge in [0.2, 0.25) is 5.91 Å². The minimum atomic E-state index is -0.727. The molecule has 1 aliphatic heterocycles. The Balaban J connectivity index is 2.21. The van der Waals surface area contributed by atoms with Crippen molar-refractivity contribution in [3.05, 3.63) is 28.3 Å². The third-order valence-electron chi connectivity index (χ3n) is 4.53. The Morgan fingerprint density at radius 2 is 2.00 bits per heavy atom. The van der Waals surface area contributed by atoms with E-state index in [0.717, 1.165) is 10.9 Å². The number of halogens is 2. The number of hydrogen-bond donors (Lipinski definition) is 0. The normalized spacial score (nSPS) is 19.0. The smallest absolute Gasteiger partial charge is 0.339 e. The lowest BCUT2D eigenvalue weighted by atomic mass is 9.80. The van der Waals surface area contributed by atoms with Gasteiger partial charge in [-0.05, 0) is 31.0 Å². The van der Waals surface area contributed by atoms with Crippen LogP contribution in [0.4, 0.5) is 5.69 Å². The Hall–Kier alpha value is -1.15. The number of anilines is 1. The van der Waals surface area contributed by atoms with E-state index in [1.54, 1.807) is 31.2 Å². The standard InChI is InChI=1S/C18H23BrClNO5/c1-18(4-6-24-3)13-11-14(20)12(10-15(13)21(2)17(18)23)16(22)26-9-8-25-7-5-19/h10-11H,4-9H2,1-3H3. The summed E-state index contributed by atoms with van der Waals surface area (Å²) in [6.07, 6.45) is 0.532. The zero-order valence-corrected chi connectivity index (χ0v) is 17.5. The first kappa shape index (κ1) is 21.2. The average Bonchev–Trinajstić information content (AvgIpc) is 2.80. The molecule has 8 heteroatoms. The van der Waals surface area contributed by atoms with Gasteiger partial charge in [-0.1, -0.05) is 27.5 Å². The molecule has 0 spiro atoms. The Kier molecular flexibility index (Phi) is 7.46. The van der Waals surface area contributed by atoms with Crippen LogP contribution in [0.3, 0.4) is 0 Å². The molecule has 1 amide bonds. The number of fused-ring (bicyclic) bond motifs is 1. The van der Waals surface area contributed by atoms with Gasteiger partial charge in [0.25, 0.3) is 0 Å². The van der Waals surface area contributed by atoms with E-state index in [1.165, 1.54) is 0 Å². The molecule has 1 aromatic carbocycles. The van der Waals surface area contributed by atoms with Gasteiger partial charge in [-0.2, -0.15) is 0 Å². The summed E-state index contributed by atoms with van der Waals surface area (Å²) >= 11 is 9.57. The van der Waals surface area contributed by atoms with Crippen LogP contribution in [0.5, 0.6) is 0 Å². The van der Waals surface area contributed by atoms with Crippen molar-refractivity contribution in [3.8, 4) is 0 Å². The van der Waals surface area contributed by atoms with Gasteiger partial charge in [0.15, 0.2) is 0 Å². The summed E-state index contributed by atoms with van der Waals surface area (Å²) in [5, 5.41) is 0.988. The van der Waals surface area contributed by atoms with Crippen molar-refractivity contribution >= 4 is 45.1 Å². The molecule has 26 heavy (non-hydrogen) atoms. The summed E-state index contributed by atoms with van der Waals surface area (Å²) in [5.74, 6) is -0.583. The summed E-state index contributed by atoms with van der Waals surface area (Å²) in [6, 6.07) is 3.31. The van der Waals surface area contributed by atoms with Crippen LogP contribution in [0.25, 0.3) is 0 Å². The number of nitrogens with zero attached hydrogens (tertiary/aromatic N) is 1. The number of benzene rings is 1. The van der Waals surface area contributed by atoms with E-state index in [0.29, 0.717) is 31.9 Å². The average molecular weight is 449 g/mol. The molecule has 0 bridgehead atoms. The lowest BCUT2D eigenvalue weighted by Gasteiger charge is -2.22.